The van der Waals surface area contributed by atoms with Crippen LogP contribution in [0.5, 0.6) is 5.75 Å². The van der Waals surface area contributed by atoms with Crippen molar-refractivity contribution in [2.24, 2.45) is 5.41 Å². The molecule has 0 unspecified atom stereocenters. The number of aliphatic carboxylic acids is 1. The molecule has 1 saturated heterocycles. The van der Waals surface area contributed by atoms with Gasteiger partial charge in [-0.3, -0.25) is 9.59 Å². The third-order valence-corrected chi connectivity index (χ3v) is 5.68. The smallest absolute Gasteiger partial charge is 0.422 e. The van der Waals surface area contributed by atoms with E-state index in [1.807, 2.05) is 0 Å². The molecule has 0 bridgehead atoms. The number of amides is 1. The number of carboxylic acids is 1. The second kappa shape index (κ2) is 7.27. The lowest BCUT2D eigenvalue weighted by Gasteiger charge is -2.40. The van der Waals surface area contributed by atoms with Crippen molar-refractivity contribution in [1.82, 2.24) is 0 Å². The van der Waals surface area contributed by atoms with Crippen LogP contribution in [-0.2, 0) is 9.59 Å². The van der Waals surface area contributed by atoms with Crippen LogP contribution in [-0.4, -0.2) is 47.0 Å². The van der Waals surface area contributed by atoms with Gasteiger partial charge in [-0.1, -0.05) is 0 Å². The van der Waals surface area contributed by atoms with Crippen LogP contribution in [0.15, 0.2) is 24.3 Å². The molecule has 1 heterocycles. The standard InChI is InChI=1S/C19H22F3NO5/c20-19(21,22)12-28-14-3-1-13(2-4-14)23-10-9-17(16(23)26)5-7-18(27,8-6-17)11-15(24)25/h1-4,27H,5-12H2,(H,24,25)/t17-,18+. The third kappa shape index (κ3) is 4.40. The summed E-state index contributed by atoms with van der Waals surface area (Å²) in [5.41, 5.74) is -1.31. The van der Waals surface area contributed by atoms with Crippen LogP contribution in [0.2, 0.25) is 0 Å². The Morgan fingerprint density at radius 1 is 1.11 bits per heavy atom. The molecule has 3 rings (SSSR count). The average Bonchev–Trinajstić information content (AvgIpc) is 2.92. The van der Waals surface area contributed by atoms with Crippen LogP contribution in [0, 0.1) is 5.41 Å². The van der Waals surface area contributed by atoms with Crippen molar-refractivity contribution in [2.75, 3.05) is 18.1 Å². The second-order valence-corrected chi connectivity index (χ2v) is 7.68. The van der Waals surface area contributed by atoms with Crippen molar-refractivity contribution in [3.63, 3.8) is 0 Å². The first-order valence-corrected chi connectivity index (χ1v) is 9.08. The number of ether oxygens (including phenoxy) is 1. The zero-order chi connectivity index (χ0) is 20.6. The van der Waals surface area contributed by atoms with E-state index >= 15 is 0 Å². The van der Waals surface area contributed by atoms with Crippen LogP contribution in [0.1, 0.15) is 38.5 Å². The molecule has 0 radical (unpaired) electrons. The minimum atomic E-state index is -4.42. The Bertz CT molecular complexity index is 739. The largest absolute Gasteiger partial charge is 0.484 e. The van der Waals surface area contributed by atoms with Gasteiger partial charge >= 0.3 is 12.1 Å². The monoisotopic (exact) mass is 401 g/mol. The van der Waals surface area contributed by atoms with E-state index in [4.69, 9.17) is 5.11 Å². The molecular formula is C19H22F3NO5. The highest BCUT2D eigenvalue weighted by Gasteiger charge is 2.51. The maximum Gasteiger partial charge on any atom is 0.422 e. The Balaban J connectivity index is 1.64. The minimum absolute atomic E-state index is 0.0684. The number of alkyl halides is 3. The van der Waals surface area contributed by atoms with Crippen molar-refractivity contribution < 1.29 is 37.7 Å². The van der Waals surface area contributed by atoms with Crippen molar-refractivity contribution >= 4 is 17.6 Å². The molecule has 1 amide bonds. The number of hydrogen-bond acceptors (Lipinski definition) is 4. The molecule has 1 aliphatic carbocycles. The molecule has 1 saturated carbocycles. The van der Waals surface area contributed by atoms with E-state index in [2.05, 4.69) is 4.74 Å². The fourth-order valence-electron chi connectivity index (χ4n) is 4.07. The number of benzene rings is 1. The third-order valence-electron chi connectivity index (χ3n) is 5.68. The Morgan fingerprint density at radius 3 is 2.25 bits per heavy atom. The van der Waals surface area contributed by atoms with Gasteiger partial charge in [-0.05, 0) is 56.4 Å². The van der Waals surface area contributed by atoms with Gasteiger partial charge in [-0.25, -0.2) is 0 Å². The van der Waals surface area contributed by atoms with E-state index in [0.29, 0.717) is 31.5 Å². The van der Waals surface area contributed by atoms with Crippen molar-refractivity contribution in [3.05, 3.63) is 24.3 Å². The molecule has 2 aliphatic rings. The summed E-state index contributed by atoms with van der Waals surface area (Å²) in [5.74, 6) is -1.08. The summed E-state index contributed by atoms with van der Waals surface area (Å²) in [5, 5.41) is 19.3. The molecule has 1 aromatic rings. The summed E-state index contributed by atoms with van der Waals surface area (Å²) < 4.78 is 41.3. The van der Waals surface area contributed by atoms with Crippen molar-refractivity contribution in [2.45, 2.75) is 50.3 Å². The molecule has 154 valence electrons. The normalized spacial score (nSPS) is 28.0. The predicted molar refractivity (Wildman–Crippen MR) is 93.1 cm³/mol. The zero-order valence-corrected chi connectivity index (χ0v) is 15.2. The van der Waals surface area contributed by atoms with E-state index in [0.717, 1.165) is 0 Å². The Morgan fingerprint density at radius 2 is 1.71 bits per heavy atom. The number of rotatable bonds is 5. The zero-order valence-electron chi connectivity index (χ0n) is 15.2. The maximum absolute atomic E-state index is 13.0. The maximum atomic E-state index is 13.0. The van der Waals surface area contributed by atoms with Crippen molar-refractivity contribution in [3.8, 4) is 5.75 Å². The lowest BCUT2D eigenvalue weighted by molar-refractivity contribution is -0.153. The number of carbonyl (C=O) groups excluding carboxylic acids is 1. The molecule has 2 fully saturated rings. The molecule has 1 aromatic carbocycles. The molecule has 0 aromatic heterocycles. The molecule has 6 nitrogen and oxygen atoms in total. The van der Waals surface area contributed by atoms with Gasteiger partial charge < -0.3 is 19.8 Å². The van der Waals surface area contributed by atoms with Gasteiger partial charge in [0.25, 0.3) is 0 Å². The lowest BCUT2D eigenvalue weighted by Crippen LogP contribution is -2.44. The average molecular weight is 401 g/mol. The quantitative estimate of drug-likeness (QED) is 0.792. The number of anilines is 1. The molecular weight excluding hydrogens is 379 g/mol. The van der Waals surface area contributed by atoms with Gasteiger partial charge in [-0.2, -0.15) is 13.2 Å². The topological polar surface area (TPSA) is 87.1 Å². The van der Waals surface area contributed by atoms with E-state index in [9.17, 15) is 27.9 Å². The molecule has 28 heavy (non-hydrogen) atoms. The first kappa shape index (κ1) is 20.4. The molecule has 0 atom stereocenters. The summed E-state index contributed by atoms with van der Waals surface area (Å²) in [6, 6.07) is 5.89. The highest BCUT2D eigenvalue weighted by Crippen LogP contribution is 2.49. The van der Waals surface area contributed by atoms with Crippen LogP contribution in [0.4, 0.5) is 18.9 Å². The lowest BCUT2D eigenvalue weighted by atomic mass is 9.67. The number of hydrogen-bond donors (Lipinski definition) is 2. The van der Waals surface area contributed by atoms with Crippen LogP contribution in [0.3, 0.4) is 0 Å². The first-order valence-electron chi connectivity index (χ1n) is 9.08. The van der Waals surface area contributed by atoms with E-state index in [1.165, 1.54) is 12.1 Å². The molecule has 1 aliphatic heterocycles. The van der Waals surface area contributed by atoms with Crippen LogP contribution < -0.4 is 9.64 Å². The number of aliphatic hydroxyl groups is 1. The van der Waals surface area contributed by atoms with Gasteiger partial charge in [0.05, 0.1) is 17.4 Å². The number of halogens is 3. The molecule has 2 N–H and O–H groups in total. The number of nitrogens with zero attached hydrogens (tertiary/aromatic N) is 1. The summed E-state index contributed by atoms with van der Waals surface area (Å²) in [7, 11) is 0. The van der Waals surface area contributed by atoms with Gasteiger partial charge in [0.1, 0.15) is 5.75 Å². The summed E-state index contributed by atoms with van der Waals surface area (Å²) in [6.45, 7) is -0.906. The van der Waals surface area contributed by atoms with E-state index in [1.54, 1.807) is 17.0 Å². The van der Waals surface area contributed by atoms with Gasteiger partial charge in [0, 0.05) is 12.2 Å². The summed E-state index contributed by atoms with van der Waals surface area (Å²) >= 11 is 0. The molecule has 1 spiro atoms. The molecule has 9 heteroatoms. The SMILES string of the molecule is O=C(O)C[C@]1(O)CC[C@]2(CCN(c3ccc(OCC(F)(F)F)cc3)C2=O)CC1. The predicted octanol–water partition coefficient (Wildman–Crippen LogP) is 3.13. The number of carbonyl (C=O) groups is 2. The fourth-order valence-corrected chi connectivity index (χ4v) is 4.07. The van der Waals surface area contributed by atoms with Crippen molar-refractivity contribution in [1.29, 1.82) is 0 Å². The van der Waals surface area contributed by atoms with Crippen LogP contribution >= 0.6 is 0 Å². The summed E-state index contributed by atoms with van der Waals surface area (Å²) in [6.07, 6.45) is -2.81. The van der Waals surface area contributed by atoms with Gasteiger partial charge in [0.2, 0.25) is 5.91 Å². The van der Waals surface area contributed by atoms with E-state index < -0.39 is 29.8 Å². The highest BCUT2D eigenvalue weighted by atomic mass is 19.4. The van der Waals surface area contributed by atoms with Gasteiger partial charge in [-0.15, -0.1) is 0 Å². The fraction of sp³-hybridized carbons (Fsp3) is 0.579. The van der Waals surface area contributed by atoms with Gasteiger partial charge in [0.15, 0.2) is 6.61 Å². The number of carboxylic acid groups (broad SMARTS) is 1. The second-order valence-electron chi connectivity index (χ2n) is 7.68. The van der Waals surface area contributed by atoms with Crippen LogP contribution in [0.25, 0.3) is 0 Å². The Kier molecular flexibility index (Phi) is 5.31. The highest BCUT2D eigenvalue weighted by molar-refractivity contribution is 6.00. The van der Waals surface area contributed by atoms with E-state index in [-0.39, 0.29) is 30.9 Å². The Labute approximate surface area is 159 Å². The Hall–Kier alpha value is -2.29. The summed E-state index contributed by atoms with van der Waals surface area (Å²) in [4.78, 5) is 25.5. The first-order chi connectivity index (χ1) is 13.0. The minimum Gasteiger partial charge on any atom is -0.484 e.